The number of nitrogen functional groups attached to an aromatic ring is 1. The van der Waals surface area contributed by atoms with Crippen LogP contribution in [0.25, 0.3) is 0 Å². The van der Waals surface area contributed by atoms with E-state index in [2.05, 4.69) is 9.72 Å². The van der Waals surface area contributed by atoms with Crippen LogP contribution in [0.3, 0.4) is 0 Å². The molecule has 1 aromatic heterocycles. The summed E-state index contributed by atoms with van der Waals surface area (Å²) in [5.41, 5.74) is 8.50. The number of nitriles is 1. The van der Waals surface area contributed by atoms with E-state index in [0.717, 1.165) is 6.07 Å². The Bertz CT molecular complexity index is 507. The first-order valence-electron chi connectivity index (χ1n) is 4.00. The summed E-state index contributed by atoms with van der Waals surface area (Å²) < 4.78 is 39.4. The Kier molecular flexibility index (Phi) is 3.08. The third-order valence-electron chi connectivity index (χ3n) is 1.61. The van der Waals surface area contributed by atoms with Gasteiger partial charge in [-0.2, -0.15) is 5.26 Å². The maximum atomic E-state index is 12.0. The minimum Gasteiger partial charge on any atom is -0.393 e. The highest BCUT2D eigenvalue weighted by molar-refractivity contribution is 5.92. The van der Waals surface area contributed by atoms with E-state index < -0.39 is 29.5 Å². The van der Waals surface area contributed by atoms with Gasteiger partial charge in [-0.15, -0.1) is 13.2 Å². The molecular formula is C8H5F3N4O2. The molecule has 17 heavy (non-hydrogen) atoms. The first-order valence-corrected chi connectivity index (χ1v) is 4.00. The van der Waals surface area contributed by atoms with Crippen molar-refractivity contribution >= 4 is 11.6 Å². The van der Waals surface area contributed by atoms with Crippen LogP contribution in [0, 0.1) is 11.3 Å². The van der Waals surface area contributed by atoms with E-state index >= 15 is 0 Å². The molecule has 1 amide bonds. The average Bonchev–Trinajstić information content (AvgIpc) is 2.18. The van der Waals surface area contributed by atoms with Crippen LogP contribution in [0.1, 0.15) is 16.1 Å². The van der Waals surface area contributed by atoms with Gasteiger partial charge in [0.2, 0.25) is 5.88 Å². The van der Waals surface area contributed by atoms with E-state index in [1.165, 1.54) is 6.07 Å². The Morgan fingerprint density at radius 1 is 1.53 bits per heavy atom. The zero-order chi connectivity index (χ0) is 13.2. The Hall–Kier alpha value is -2.50. The standard InChI is InChI=1S/C8H5F3N4O2/c9-8(10,11)17-7-5(13)3(2-12)1-4(15-7)6(14)16/h1H,13H2,(H2,14,16). The van der Waals surface area contributed by atoms with Gasteiger partial charge in [0.15, 0.2) is 0 Å². The molecule has 4 N–H and O–H groups in total. The Morgan fingerprint density at radius 2 is 2.12 bits per heavy atom. The summed E-state index contributed by atoms with van der Waals surface area (Å²) in [5, 5.41) is 8.60. The number of nitrogens with two attached hydrogens (primary N) is 2. The molecule has 90 valence electrons. The van der Waals surface area contributed by atoms with Gasteiger partial charge < -0.3 is 16.2 Å². The molecule has 0 atom stereocenters. The van der Waals surface area contributed by atoms with Crippen molar-refractivity contribution in [1.82, 2.24) is 4.98 Å². The Labute approximate surface area is 92.6 Å². The van der Waals surface area contributed by atoms with Crippen LogP contribution in [0.2, 0.25) is 0 Å². The summed E-state index contributed by atoms with van der Waals surface area (Å²) in [6, 6.07) is 2.37. The number of ether oxygens (including phenoxy) is 1. The van der Waals surface area contributed by atoms with Gasteiger partial charge >= 0.3 is 6.36 Å². The molecule has 0 fully saturated rings. The first kappa shape index (κ1) is 12.6. The van der Waals surface area contributed by atoms with Gasteiger partial charge in [-0.1, -0.05) is 0 Å². The van der Waals surface area contributed by atoms with Crippen LogP contribution in [0.15, 0.2) is 6.07 Å². The van der Waals surface area contributed by atoms with Gasteiger partial charge in [-0.3, -0.25) is 4.79 Å². The minimum atomic E-state index is -5.04. The molecule has 0 unspecified atom stereocenters. The van der Waals surface area contributed by atoms with Gasteiger partial charge in [0.1, 0.15) is 17.5 Å². The second-order valence-corrected chi connectivity index (χ2v) is 2.80. The van der Waals surface area contributed by atoms with Gasteiger partial charge in [-0.05, 0) is 6.07 Å². The number of halogens is 3. The zero-order valence-electron chi connectivity index (χ0n) is 8.08. The monoisotopic (exact) mass is 246 g/mol. The van der Waals surface area contributed by atoms with Gasteiger partial charge in [0.25, 0.3) is 5.91 Å². The largest absolute Gasteiger partial charge is 0.574 e. The Morgan fingerprint density at radius 3 is 2.53 bits per heavy atom. The topological polar surface area (TPSA) is 115 Å². The second kappa shape index (κ2) is 4.17. The predicted octanol–water partition coefficient (Wildman–Crippen LogP) is 0.533. The highest BCUT2D eigenvalue weighted by Gasteiger charge is 2.33. The van der Waals surface area contributed by atoms with Crippen LogP contribution in [0.4, 0.5) is 18.9 Å². The van der Waals surface area contributed by atoms with Crippen molar-refractivity contribution in [2.75, 3.05) is 5.73 Å². The highest BCUT2D eigenvalue weighted by atomic mass is 19.4. The quantitative estimate of drug-likeness (QED) is 0.789. The van der Waals surface area contributed by atoms with E-state index in [4.69, 9.17) is 16.7 Å². The normalized spacial score (nSPS) is 10.7. The lowest BCUT2D eigenvalue weighted by molar-refractivity contribution is -0.275. The molecule has 0 aliphatic heterocycles. The smallest absolute Gasteiger partial charge is 0.393 e. The van der Waals surface area contributed by atoms with Crippen LogP contribution in [0.5, 0.6) is 5.88 Å². The molecule has 0 radical (unpaired) electrons. The fourth-order valence-electron chi connectivity index (χ4n) is 0.938. The lowest BCUT2D eigenvalue weighted by Gasteiger charge is -2.11. The van der Waals surface area contributed by atoms with Crippen molar-refractivity contribution in [3.05, 3.63) is 17.3 Å². The maximum Gasteiger partial charge on any atom is 0.574 e. The molecule has 0 saturated carbocycles. The SMILES string of the molecule is N#Cc1cc(C(N)=O)nc(OC(F)(F)F)c1N. The summed E-state index contributed by atoms with van der Waals surface area (Å²) in [6.07, 6.45) is -5.04. The molecule has 0 aromatic carbocycles. The number of anilines is 1. The number of hydrogen-bond acceptors (Lipinski definition) is 5. The number of alkyl halides is 3. The minimum absolute atomic E-state index is 0.381. The van der Waals surface area contributed by atoms with Crippen molar-refractivity contribution < 1.29 is 22.7 Å². The molecular weight excluding hydrogens is 241 g/mol. The Balaban J connectivity index is 3.34. The number of carbonyl (C=O) groups excluding carboxylic acids is 1. The number of rotatable bonds is 2. The molecule has 6 nitrogen and oxygen atoms in total. The van der Waals surface area contributed by atoms with Crippen molar-refractivity contribution in [2.24, 2.45) is 5.73 Å². The van der Waals surface area contributed by atoms with Gasteiger partial charge in [0.05, 0.1) is 5.56 Å². The van der Waals surface area contributed by atoms with E-state index in [9.17, 15) is 18.0 Å². The third-order valence-corrected chi connectivity index (χ3v) is 1.61. The molecule has 0 aliphatic rings. The number of nitrogens with zero attached hydrogens (tertiary/aromatic N) is 2. The van der Waals surface area contributed by atoms with E-state index in [0.29, 0.717) is 0 Å². The average molecular weight is 246 g/mol. The summed E-state index contributed by atoms with van der Waals surface area (Å²) in [7, 11) is 0. The number of amides is 1. The molecule has 9 heteroatoms. The molecule has 1 heterocycles. The summed E-state index contributed by atoms with van der Waals surface area (Å²) in [4.78, 5) is 13.9. The number of primary amides is 1. The molecule has 0 aliphatic carbocycles. The highest BCUT2D eigenvalue weighted by Crippen LogP contribution is 2.29. The second-order valence-electron chi connectivity index (χ2n) is 2.80. The predicted molar refractivity (Wildman–Crippen MR) is 48.6 cm³/mol. The molecule has 0 saturated heterocycles. The summed E-state index contributed by atoms with van der Waals surface area (Å²) >= 11 is 0. The van der Waals surface area contributed by atoms with E-state index in [1.54, 1.807) is 0 Å². The molecule has 0 spiro atoms. The fourth-order valence-corrected chi connectivity index (χ4v) is 0.938. The first-order chi connectivity index (χ1) is 7.74. The van der Waals surface area contributed by atoms with Gasteiger partial charge in [-0.25, -0.2) is 4.98 Å². The molecule has 1 rings (SSSR count). The van der Waals surface area contributed by atoms with Crippen molar-refractivity contribution in [1.29, 1.82) is 5.26 Å². The van der Waals surface area contributed by atoms with Crippen LogP contribution >= 0.6 is 0 Å². The van der Waals surface area contributed by atoms with E-state index in [-0.39, 0.29) is 5.56 Å². The summed E-state index contributed by atoms with van der Waals surface area (Å²) in [5.74, 6) is -2.18. The molecule has 0 bridgehead atoms. The third kappa shape index (κ3) is 2.97. The van der Waals surface area contributed by atoms with Gasteiger partial charge in [0, 0.05) is 0 Å². The molecule has 1 aromatic rings. The lowest BCUT2D eigenvalue weighted by Crippen LogP contribution is -2.21. The van der Waals surface area contributed by atoms with Crippen LogP contribution < -0.4 is 16.2 Å². The lowest BCUT2D eigenvalue weighted by atomic mass is 10.2. The number of hydrogen-bond donors (Lipinski definition) is 2. The van der Waals surface area contributed by atoms with E-state index in [1.807, 2.05) is 0 Å². The van der Waals surface area contributed by atoms with Crippen LogP contribution in [-0.2, 0) is 0 Å². The number of carbonyl (C=O) groups is 1. The number of pyridine rings is 1. The summed E-state index contributed by atoms with van der Waals surface area (Å²) in [6.45, 7) is 0. The van der Waals surface area contributed by atoms with Crippen molar-refractivity contribution in [3.63, 3.8) is 0 Å². The van der Waals surface area contributed by atoms with Crippen molar-refractivity contribution in [2.45, 2.75) is 6.36 Å². The fraction of sp³-hybridized carbons (Fsp3) is 0.125. The van der Waals surface area contributed by atoms with Crippen molar-refractivity contribution in [3.8, 4) is 11.9 Å². The zero-order valence-corrected chi connectivity index (χ0v) is 8.08. The van der Waals surface area contributed by atoms with Crippen LogP contribution in [-0.4, -0.2) is 17.3 Å². The maximum absolute atomic E-state index is 12.0. The number of aromatic nitrogens is 1.